The second kappa shape index (κ2) is 8.67. The van der Waals surface area contributed by atoms with Crippen molar-refractivity contribution in [1.82, 2.24) is 9.80 Å². The smallest absolute Gasteiger partial charge is 0.328 e. The van der Waals surface area contributed by atoms with Crippen LogP contribution in [0.5, 0.6) is 0 Å². The summed E-state index contributed by atoms with van der Waals surface area (Å²) in [6.07, 6.45) is 11.3. The Morgan fingerprint density at radius 1 is 0.926 bits per heavy atom. The van der Waals surface area contributed by atoms with Gasteiger partial charge in [0.05, 0.1) is 6.42 Å². The summed E-state index contributed by atoms with van der Waals surface area (Å²) in [7, 11) is 0. The van der Waals surface area contributed by atoms with Gasteiger partial charge in [0.25, 0.3) is 5.91 Å². The summed E-state index contributed by atoms with van der Waals surface area (Å²) >= 11 is 0. The number of carboxylic acid groups (broad SMARTS) is 1. The first kappa shape index (κ1) is 19.6. The van der Waals surface area contributed by atoms with Crippen molar-refractivity contribution in [2.24, 2.45) is 0 Å². The van der Waals surface area contributed by atoms with Gasteiger partial charge in [-0.15, -0.1) is 0 Å². The topological polar surface area (TPSA) is 95.0 Å². The van der Waals surface area contributed by atoms with Crippen LogP contribution in [0.2, 0.25) is 0 Å². The van der Waals surface area contributed by atoms with E-state index in [4.69, 9.17) is 5.11 Å². The standard InChI is InChI=1S/C20H28N2O5/c23-17(11-12-19(25)26)21(14-7-3-1-4-8-14)16-13-18(24)22(20(16)27)15-9-5-2-6-10-15/h11-12,14-16H,1-10,13H2,(H,25,26)/b12-11-. The lowest BCUT2D eigenvalue weighted by molar-refractivity contribution is -0.146. The Kier molecular flexibility index (Phi) is 6.29. The first-order chi connectivity index (χ1) is 13.0. The predicted molar refractivity (Wildman–Crippen MR) is 97.6 cm³/mol. The van der Waals surface area contributed by atoms with Crippen molar-refractivity contribution >= 4 is 23.7 Å². The highest BCUT2D eigenvalue weighted by Gasteiger charge is 2.47. The highest BCUT2D eigenvalue weighted by atomic mass is 16.4. The number of carbonyl (C=O) groups excluding carboxylic acids is 3. The molecule has 1 atom stereocenters. The number of carbonyl (C=O) groups is 4. The Morgan fingerprint density at radius 3 is 2.11 bits per heavy atom. The molecule has 148 valence electrons. The van der Waals surface area contributed by atoms with Crippen molar-refractivity contribution in [1.29, 1.82) is 0 Å². The summed E-state index contributed by atoms with van der Waals surface area (Å²) in [6.45, 7) is 0. The molecule has 0 bridgehead atoms. The van der Waals surface area contributed by atoms with Crippen LogP contribution >= 0.6 is 0 Å². The third kappa shape index (κ3) is 4.39. The molecular weight excluding hydrogens is 348 g/mol. The maximum absolute atomic E-state index is 13.1. The van der Waals surface area contributed by atoms with Gasteiger partial charge in [0.15, 0.2) is 0 Å². The summed E-state index contributed by atoms with van der Waals surface area (Å²) in [4.78, 5) is 52.2. The molecular formula is C20H28N2O5. The van der Waals surface area contributed by atoms with Gasteiger partial charge in [-0.05, 0) is 25.7 Å². The normalized spacial score (nSPS) is 25.3. The number of imide groups is 1. The quantitative estimate of drug-likeness (QED) is 0.586. The largest absolute Gasteiger partial charge is 0.478 e. The maximum Gasteiger partial charge on any atom is 0.328 e. The molecule has 27 heavy (non-hydrogen) atoms. The van der Waals surface area contributed by atoms with Crippen molar-refractivity contribution in [3.05, 3.63) is 12.2 Å². The van der Waals surface area contributed by atoms with Crippen molar-refractivity contribution in [2.75, 3.05) is 0 Å². The van der Waals surface area contributed by atoms with E-state index >= 15 is 0 Å². The van der Waals surface area contributed by atoms with Crippen molar-refractivity contribution in [2.45, 2.75) is 88.8 Å². The van der Waals surface area contributed by atoms with Gasteiger partial charge in [-0.3, -0.25) is 19.3 Å². The SMILES string of the molecule is O=C(O)/C=C\C(=O)N(C1CCCCC1)C1CC(=O)N(C2CCCCC2)C1=O. The van der Waals surface area contributed by atoms with E-state index in [9.17, 15) is 19.2 Å². The number of likely N-dealkylation sites (tertiary alicyclic amines) is 1. The number of hydrogen-bond acceptors (Lipinski definition) is 4. The zero-order valence-electron chi connectivity index (χ0n) is 15.6. The van der Waals surface area contributed by atoms with Crippen LogP contribution in [-0.4, -0.2) is 56.7 Å². The molecule has 1 aliphatic heterocycles. The van der Waals surface area contributed by atoms with Crippen molar-refractivity contribution < 1.29 is 24.3 Å². The molecule has 0 spiro atoms. The second-order valence-electron chi connectivity index (χ2n) is 7.82. The number of amides is 3. The van der Waals surface area contributed by atoms with Crippen LogP contribution in [0.3, 0.4) is 0 Å². The average Bonchev–Trinajstić information content (AvgIpc) is 2.96. The molecule has 1 heterocycles. The number of hydrogen-bond donors (Lipinski definition) is 1. The van der Waals surface area contributed by atoms with Crippen LogP contribution in [0.4, 0.5) is 0 Å². The average molecular weight is 376 g/mol. The van der Waals surface area contributed by atoms with Gasteiger partial charge < -0.3 is 10.0 Å². The van der Waals surface area contributed by atoms with Gasteiger partial charge >= 0.3 is 5.97 Å². The van der Waals surface area contributed by atoms with E-state index in [1.807, 2.05) is 0 Å². The first-order valence-electron chi connectivity index (χ1n) is 10.1. The van der Waals surface area contributed by atoms with Crippen LogP contribution in [0.15, 0.2) is 12.2 Å². The number of carboxylic acids is 1. The van der Waals surface area contributed by atoms with Crippen LogP contribution in [0.1, 0.15) is 70.6 Å². The van der Waals surface area contributed by atoms with E-state index in [-0.39, 0.29) is 30.3 Å². The molecule has 7 nitrogen and oxygen atoms in total. The van der Waals surface area contributed by atoms with Gasteiger partial charge in [0.1, 0.15) is 6.04 Å². The molecule has 1 unspecified atom stereocenters. The zero-order valence-corrected chi connectivity index (χ0v) is 15.6. The molecule has 2 saturated carbocycles. The minimum Gasteiger partial charge on any atom is -0.478 e. The first-order valence-corrected chi connectivity index (χ1v) is 10.1. The van der Waals surface area contributed by atoms with E-state index in [2.05, 4.69) is 0 Å². The Bertz CT molecular complexity index is 632. The fraction of sp³-hybridized carbons (Fsp3) is 0.700. The lowest BCUT2D eigenvalue weighted by Gasteiger charge is -2.37. The lowest BCUT2D eigenvalue weighted by Crippen LogP contribution is -2.52. The molecule has 2 aliphatic carbocycles. The molecule has 0 aromatic rings. The molecule has 3 amide bonds. The Morgan fingerprint density at radius 2 is 1.52 bits per heavy atom. The molecule has 1 N–H and O–H groups in total. The van der Waals surface area contributed by atoms with E-state index in [0.717, 1.165) is 76.4 Å². The van der Waals surface area contributed by atoms with Crippen LogP contribution in [0, 0.1) is 0 Å². The van der Waals surface area contributed by atoms with E-state index in [1.54, 1.807) is 0 Å². The highest BCUT2D eigenvalue weighted by Crippen LogP contribution is 2.32. The lowest BCUT2D eigenvalue weighted by atomic mass is 9.92. The Balaban J connectivity index is 1.82. The summed E-state index contributed by atoms with van der Waals surface area (Å²) in [5.74, 6) is -2.17. The maximum atomic E-state index is 13.1. The molecule has 1 saturated heterocycles. The molecule has 0 aromatic heterocycles. The predicted octanol–water partition coefficient (Wildman–Crippen LogP) is 2.25. The van der Waals surface area contributed by atoms with Gasteiger partial charge in [0, 0.05) is 24.2 Å². The summed E-state index contributed by atoms with van der Waals surface area (Å²) in [5, 5.41) is 8.84. The minimum absolute atomic E-state index is 0.0124. The number of nitrogens with zero attached hydrogens (tertiary/aromatic N) is 2. The third-order valence-corrected chi connectivity index (χ3v) is 6.03. The summed E-state index contributed by atoms with van der Waals surface area (Å²) in [6, 6.07) is -0.965. The second-order valence-corrected chi connectivity index (χ2v) is 7.82. The van der Waals surface area contributed by atoms with E-state index in [0.29, 0.717) is 0 Å². The Hall–Kier alpha value is -2.18. The molecule has 3 rings (SSSR count). The van der Waals surface area contributed by atoms with Gasteiger partial charge in [-0.1, -0.05) is 38.5 Å². The fourth-order valence-corrected chi connectivity index (χ4v) is 4.75. The third-order valence-electron chi connectivity index (χ3n) is 6.03. The molecule has 7 heteroatoms. The zero-order chi connectivity index (χ0) is 19.4. The summed E-state index contributed by atoms with van der Waals surface area (Å²) in [5.41, 5.74) is 0. The van der Waals surface area contributed by atoms with Gasteiger partial charge in [0.2, 0.25) is 11.8 Å². The van der Waals surface area contributed by atoms with Crippen LogP contribution < -0.4 is 0 Å². The van der Waals surface area contributed by atoms with Crippen LogP contribution in [0.25, 0.3) is 0 Å². The molecule has 3 aliphatic rings. The molecule has 0 aromatic carbocycles. The molecule has 3 fully saturated rings. The number of rotatable bonds is 5. The Labute approximate surface area is 159 Å². The fourth-order valence-electron chi connectivity index (χ4n) is 4.75. The molecule has 0 radical (unpaired) electrons. The van der Waals surface area contributed by atoms with E-state index < -0.39 is 17.9 Å². The summed E-state index contributed by atoms with van der Waals surface area (Å²) < 4.78 is 0. The minimum atomic E-state index is -1.20. The van der Waals surface area contributed by atoms with Crippen LogP contribution in [-0.2, 0) is 19.2 Å². The van der Waals surface area contributed by atoms with E-state index in [1.165, 1.54) is 9.80 Å². The van der Waals surface area contributed by atoms with Gasteiger partial charge in [-0.2, -0.15) is 0 Å². The number of aliphatic carboxylic acids is 1. The highest BCUT2D eigenvalue weighted by molar-refractivity contribution is 6.08. The van der Waals surface area contributed by atoms with Crippen molar-refractivity contribution in [3.63, 3.8) is 0 Å². The monoisotopic (exact) mass is 376 g/mol. The van der Waals surface area contributed by atoms with Crippen molar-refractivity contribution in [3.8, 4) is 0 Å². The van der Waals surface area contributed by atoms with Gasteiger partial charge in [-0.25, -0.2) is 4.79 Å².